The number of benzene rings is 1. The Morgan fingerprint density at radius 2 is 2.06 bits per heavy atom. The summed E-state index contributed by atoms with van der Waals surface area (Å²) in [6.45, 7) is 2.06. The van der Waals surface area contributed by atoms with E-state index in [1.807, 2.05) is 0 Å². The molecule has 0 spiro atoms. The molecule has 0 aliphatic heterocycles. The summed E-state index contributed by atoms with van der Waals surface area (Å²) in [6, 6.07) is 3.82. The third-order valence-corrected chi connectivity index (χ3v) is 3.65. The van der Waals surface area contributed by atoms with E-state index >= 15 is 0 Å². The molecule has 17 heavy (non-hydrogen) atoms. The lowest BCUT2D eigenvalue weighted by molar-refractivity contribution is 0.0953. The van der Waals surface area contributed by atoms with Gasteiger partial charge < -0.3 is 15.5 Å². The van der Waals surface area contributed by atoms with Gasteiger partial charge in [-0.1, -0.05) is 0 Å². The Hall–Kier alpha value is -1.56. The summed E-state index contributed by atoms with van der Waals surface area (Å²) in [6.07, 6.45) is 1.57. The fourth-order valence-corrected chi connectivity index (χ4v) is 1.44. The summed E-state index contributed by atoms with van der Waals surface area (Å²) in [5.74, 6) is -0.994. The molecule has 0 saturated heterocycles. The summed E-state index contributed by atoms with van der Waals surface area (Å²) in [5, 5.41) is 20.8. The topological polar surface area (TPSA) is 86.6 Å². The quantitative estimate of drug-likeness (QED) is 0.689. The predicted molar refractivity (Wildman–Crippen MR) is 65.6 cm³/mol. The highest BCUT2D eigenvalue weighted by Crippen LogP contribution is 2.24. The molecule has 0 aliphatic rings. The molecule has 2 unspecified atom stereocenters. The van der Waals surface area contributed by atoms with E-state index in [9.17, 15) is 14.1 Å². The van der Waals surface area contributed by atoms with Gasteiger partial charge in [0.25, 0.3) is 5.91 Å². The number of carbonyl (C=O) groups excluding carboxylic acids is 1. The number of phenolic OH excluding ortho intramolecular Hbond substituents is 2. The van der Waals surface area contributed by atoms with Crippen molar-refractivity contribution in [1.29, 1.82) is 0 Å². The summed E-state index contributed by atoms with van der Waals surface area (Å²) >= 11 is 0. The number of amides is 1. The summed E-state index contributed by atoms with van der Waals surface area (Å²) < 4.78 is 11.1. The van der Waals surface area contributed by atoms with Crippen molar-refractivity contribution in [3.05, 3.63) is 23.8 Å². The number of nitrogens with one attached hydrogen (secondary N) is 1. The maximum Gasteiger partial charge on any atom is 0.251 e. The monoisotopic (exact) mass is 257 g/mol. The number of carbonyl (C=O) groups is 1. The number of phenols is 2. The minimum absolute atomic E-state index is 0.135. The molecular formula is C11H15NO4S. The molecule has 0 fully saturated rings. The molecule has 2 atom stereocenters. The largest absolute Gasteiger partial charge is 0.504 e. The lowest BCUT2D eigenvalue weighted by Crippen LogP contribution is -2.32. The lowest BCUT2D eigenvalue weighted by Gasteiger charge is -2.10. The van der Waals surface area contributed by atoms with Gasteiger partial charge in [-0.05, 0) is 25.1 Å². The first-order valence-corrected chi connectivity index (χ1v) is 6.66. The molecule has 1 aromatic carbocycles. The van der Waals surface area contributed by atoms with Crippen molar-refractivity contribution < 1.29 is 19.2 Å². The maximum absolute atomic E-state index is 11.6. The van der Waals surface area contributed by atoms with Crippen molar-refractivity contribution in [1.82, 2.24) is 5.32 Å². The van der Waals surface area contributed by atoms with E-state index in [4.69, 9.17) is 5.11 Å². The van der Waals surface area contributed by atoms with Crippen LogP contribution in [0.2, 0.25) is 0 Å². The Bertz CT molecular complexity index is 447. The van der Waals surface area contributed by atoms with Crippen LogP contribution in [0.15, 0.2) is 18.2 Å². The molecule has 0 heterocycles. The van der Waals surface area contributed by atoms with E-state index in [0.717, 1.165) is 0 Å². The zero-order valence-corrected chi connectivity index (χ0v) is 10.5. The van der Waals surface area contributed by atoms with Crippen molar-refractivity contribution >= 4 is 16.7 Å². The Balaban J connectivity index is 2.64. The van der Waals surface area contributed by atoms with Gasteiger partial charge in [0.15, 0.2) is 11.5 Å². The van der Waals surface area contributed by atoms with Gasteiger partial charge in [0.2, 0.25) is 0 Å². The van der Waals surface area contributed by atoms with Crippen LogP contribution < -0.4 is 5.32 Å². The zero-order valence-electron chi connectivity index (χ0n) is 9.64. The van der Waals surface area contributed by atoms with Gasteiger partial charge in [-0.15, -0.1) is 0 Å². The number of aromatic hydroxyl groups is 2. The van der Waals surface area contributed by atoms with Crippen LogP contribution in [-0.2, 0) is 10.8 Å². The van der Waals surface area contributed by atoms with Crippen molar-refractivity contribution in [2.45, 2.75) is 12.2 Å². The minimum Gasteiger partial charge on any atom is -0.504 e. The molecule has 0 aliphatic carbocycles. The first-order chi connectivity index (χ1) is 7.91. The molecule has 1 amide bonds. The average Bonchev–Trinajstić information content (AvgIpc) is 2.28. The SMILES string of the molecule is CC(CNC(=O)c1ccc(O)c(O)c1)S(C)=O. The van der Waals surface area contributed by atoms with Crippen LogP contribution in [0, 0.1) is 0 Å². The van der Waals surface area contributed by atoms with E-state index < -0.39 is 10.8 Å². The predicted octanol–water partition coefficient (Wildman–Crippen LogP) is 0.595. The Morgan fingerprint density at radius 3 is 2.59 bits per heavy atom. The molecule has 0 radical (unpaired) electrons. The molecular weight excluding hydrogens is 242 g/mol. The molecule has 94 valence electrons. The van der Waals surface area contributed by atoms with E-state index in [-0.39, 0.29) is 28.2 Å². The fraction of sp³-hybridized carbons (Fsp3) is 0.364. The van der Waals surface area contributed by atoms with E-state index in [2.05, 4.69) is 5.32 Å². The zero-order chi connectivity index (χ0) is 13.0. The van der Waals surface area contributed by atoms with E-state index in [1.54, 1.807) is 13.2 Å². The van der Waals surface area contributed by atoms with Gasteiger partial charge in [0.1, 0.15) is 0 Å². The summed E-state index contributed by atoms with van der Waals surface area (Å²) in [7, 11) is -0.995. The Morgan fingerprint density at radius 1 is 1.41 bits per heavy atom. The Kier molecular flexibility index (Phi) is 4.51. The molecule has 5 nitrogen and oxygen atoms in total. The smallest absolute Gasteiger partial charge is 0.251 e. The second-order valence-corrected chi connectivity index (χ2v) is 5.52. The molecule has 3 N–H and O–H groups in total. The van der Waals surface area contributed by atoms with Crippen LogP contribution in [0.5, 0.6) is 11.5 Å². The van der Waals surface area contributed by atoms with Gasteiger partial charge >= 0.3 is 0 Å². The van der Waals surface area contributed by atoms with Crippen molar-refractivity contribution in [2.24, 2.45) is 0 Å². The maximum atomic E-state index is 11.6. The van der Waals surface area contributed by atoms with Gasteiger partial charge in [-0.3, -0.25) is 9.00 Å². The van der Waals surface area contributed by atoms with Gasteiger partial charge in [-0.25, -0.2) is 0 Å². The van der Waals surface area contributed by atoms with Crippen LogP contribution >= 0.6 is 0 Å². The highest BCUT2D eigenvalue weighted by Gasteiger charge is 2.11. The van der Waals surface area contributed by atoms with Crippen molar-refractivity contribution in [2.75, 3.05) is 12.8 Å². The highest BCUT2D eigenvalue weighted by molar-refractivity contribution is 7.84. The average molecular weight is 257 g/mol. The third-order valence-electron chi connectivity index (χ3n) is 2.35. The van der Waals surface area contributed by atoms with Crippen molar-refractivity contribution in [3.8, 4) is 11.5 Å². The molecule has 0 saturated carbocycles. The second-order valence-electron chi connectivity index (χ2n) is 3.72. The highest BCUT2D eigenvalue weighted by atomic mass is 32.2. The number of hydrogen-bond donors (Lipinski definition) is 3. The van der Waals surface area contributed by atoms with Gasteiger partial charge in [0.05, 0.1) is 0 Å². The lowest BCUT2D eigenvalue weighted by atomic mass is 10.2. The second kappa shape index (κ2) is 5.67. The van der Waals surface area contributed by atoms with E-state index in [1.165, 1.54) is 18.2 Å². The molecule has 6 heteroatoms. The van der Waals surface area contributed by atoms with Crippen LogP contribution in [0.4, 0.5) is 0 Å². The third kappa shape index (κ3) is 3.74. The summed E-state index contributed by atoms with van der Waals surface area (Å²) in [5.41, 5.74) is 0.245. The van der Waals surface area contributed by atoms with Gasteiger partial charge in [0, 0.05) is 34.4 Å². The minimum atomic E-state index is -0.995. The van der Waals surface area contributed by atoms with Crippen LogP contribution in [-0.4, -0.2) is 38.4 Å². The first-order valence-electron chi connectivity index (χ1n) is 5.04. The number of hydrogen-bond acceptors (Lipinski definition) is 4. The van der Waals surface area contributed by atoms with Gasteiger partial charge in [-0.2, -0.15) is 0 Å². The molecule has 0 aromatic heterocycles. The Labute approximate surface area is 102 Å². The first kappa shape index (κ1) is 13.5. The molecule has 0 bridgehead atoms. The number of rotatable bonds is 4. The van der Waals surface area contributed by atoms with Crippen molar-refractivity contribution in [3.63, 3.8) is 0 Å². The van der Waals surface area contributed by atoms with Crippen LogP contribution in [0.3, 0.4) is 0 Å². The molecule has 1 rings (SSSR count). The summed E-state index contributed by atoms with van der Waals surface area (Å²) in [4.78, 5) is 11.6. The van der Waals surface area contributed by atoms with Crippen LogP contribution in [0.1, 0.15) is 17.3 Å². The van der Waals surface area contributed by atoms with E-state index in [0.29, 0.717) is 6.54 Å². The fourth-order valence-electron chi connectivity index (χ4n) is 1.12. The standard InChI is InChI=1S/C11H15NO4S/c1-7(17(2)16)6-12-11(15)8-3-4-9(13)10(14)5-8/h3-5,7,13-14H,6H2,1-2H3,(H,12,15). The van der Waals surface area contributed by atoms with Crippen LogP contribution in [0.25, 0.3) is 0 Å². The normalized spacial score (nSPS) is 14.0. The molecule has 1 aromatic rings.